The van der Waals surface area contributed by atoms with Gasteiger partial charge in [-0.05, 0) is 36.5 Å². The van der Waals surface area contributed by atoms with E-state index in [1.54, 1.807) is 7.11 Å². The summed E-state index contributed by atoms with van der Waals surface area (Å²) < 4.78 is 5.23. The van der Waals surface area contributed by atoms with Crippen molar-refractivity contribution >= 4 is 0 Å². The smallest absolute Gasteiger partial charge is 0.161 e. The van der Waals surface area contributed by atoms with Gasteiger partial charge in [-0.2, -0.15) is 5.10 Å². The Morgan fingerprint density at radius 1 is 1.21 bits per heavy atom. The molecular formula is C15H19N3O. The minimum atomic E-state index is -0.0654. The van der Waals surface area contributed by atoms with Crippen molar-refractivity contribution in [3.05, 3.63) is 41.5 Å². The summed E-state index contributed by atoms with van der Waals surface area (Å²) in [4.78, 5) is 4.56. The molecule has 1 heterocycles. The highest BCUT2D eigenvalue weighted by atomic mass is 16.5. The van der Waals surface area contributed by atoms with E-state index >= 15 is 0 Å². The molecule has 4 heteroatoms. The first-order valence-corrected chi connectivity index (χ1v) is 6.54. The van der Waals surface area contributed by atoms with Crippen molar-refractivity contribution in [2.75, 3.05) is 7.11 Å². The molecule has 1 aliphatic carbocycles. The number of aryl methyl sites for hydroxylation is 1. The highest BCUT2D eigenvalue weighted by Gasteiger charge is 2.65. The van der Waals surface area contributed by atoms with Crippen LogP contribution in [0.4, 0.5) is 0 Å². The molecule has 4 nitrogen and oxygen atoms in total. The Kier molecular flexibility index (Phi) is 2.46. The molecule has 0 amide bonds. The zero-order valence-electron chi connectivity index (χ0n) is 11.8. The predicted octanol–water partition coefficient (Wildman–Crippen LogP) is 2.84. The summed E-state index contributed by atoms with van der Waals surface area (Å²) in [6.07, 6.45) is 1.07. The van der Waals surface area contributed by atoms with Gasteiger partial charge in [0.05, 0.1) is 12.5 Å². The van der Waals surface area contributed by atoms with E-state index in [-0.39, 0.29) is 10.8 Å². The van der Waals surface area contributed by atoms with Crippen LogP contribution in [0.15, 0.2) is 24.3 Å². The summed E-state index contributed by atoms with van der Waals surface area (Å²) in [5.74, 6) is 2.65. The van der Waals surface area contributed by atoms with E-state index in [4.69, 9.17) is 4.74 Å². The molecule has 0 saturated heterocycles. The Labute approximate surface area is 113 Å². The molecule has 0 aliphatic heterocycles. The molecule has 3 rings (SSSR count). The van der Waals surface area contributed by atoms with E-state index in [0.29, 0.717) is 0 Å². The molecule has 1 aromatic heterocycles. The minimum absolute atomic E-state index is 0.0654. The third kappa shape index (κ3) is 1.66. The largest absolute Gasteiger partial charge is 0.497 e. The third-order valence-electron chi connectivity index (χ3n) is 4.30. The van der Waals surface area contributed by atoms with Crippen LogP contribution in [0, 0.1) is 12.3 Å². The van der Waals surface area contributed by atoms with Gasteiger partial charge < -0.3 is 4.74 Å². The Hall–Kier alpha value is -1.84. The second kappa shape index (κ2) is 3.83. The van der Waals surface area contributed by atoms with Gasteiger partial charge in [0.15, 0.2) is 5.82 Å². The average Bonchev–Trinajstić information content (AvgIpc) is 2.75. The molecule has 1 fully saturated rings. The lowest BCUT2D eigenvalue weighted by Crippen LogP contribution is -2.18. The lowest BCUT2D eigenvalue weighted by Gasteiger charge is -2.18. The predicted molar refractivity (Wildman–Crippen MR) is 73.3 cm³/mol. The Morgan fingerprint density at radius 3 is 2.26 bits per heavy atom. The average molecular weight is 257 g/mol. The summed E-state index contributed by atoms with van der Waals surface area (Å²) in [6, 6.07) is 8.26. The molecule has 19 heavy (non-hydrogen) atoms. The summed E-state index contributed by atoms with van der Waals surface area (Å²) in [5.41, 5.74) is 1.39. The maximum atomic E-state index is 5.23. The first-order chi connectivity index (χ1) is 8.99. The number of hydrogen-bond acceptors (Lipinski definition) is 3. The number of H-pyrrole nitrogens is 1. The van der Waals surface area contributed by atoms with Crippen molar-refractivity contribution in [3.8, 4) is 5.75 Å². The monoisotopic (exact) mass is 257 g/mol. The number of aromatic nitrogens is 3. The second-order valence-electron chi connectivity index (χ2n) is 5.94. The van der Waals surface area contributed by atoms with Gasteiger partial charge >= 0.3 is 0 Å². The number of benzene rings is 1. The standard InChI is InChI=1S/C15H19N3O/c1-10-16-13(18-17-10)15(9-14(15,2)3)11-5-7-12(19-4)8-6-11/h5-8H,9H2,1-4H3,(H,16,17,18)/t15-/m0/s1. The van der Waals surface area contributed by atoms with E-state index in [1.165, 1.54) is 5.56 Å². The molecule has 100 valence electrons. The number of nitrogens with zero attached hydrogens (tertiary/aromatic N) is 2. The maximum Gasteiger partial charge on any atom is 0.161 e. The SMILES string of the molecule is COc1ccc([C@]2(c3n[nH]c(C)n3)CC2(C)C)cc1. The number of rotatable bonds is 3. The molecular weight excluding hydrogens is 238 g/mol. The molecule has 0 unspecified atom stereocenters. The van der Waals surface area contributed by atoms with E-state index in [1.807, 2.05) is 19.1 Å². The van der Waals surface area contributed by atoms with Crippen LogP contribution in [0.3, 0.4) is 0 Å². The van der Waals surface area contributed by atoms with Crippen LogP contribution in [0.25, 0.3) is 0 Å². The molecule has 0 spiro atoms. The first kappa shape index (κ1) is 12.2. The quantitative estimate of drug-likeness (QED) is 0.919. The van der Waals surface area contributed by atoms with Crippen molar-refractivity contribution in [3.63, 3.8) is 0 Å². The minimum Gasteiger partial charge on any atom is -0.497 e. The summed E-state index contributed by atoms with van der Waals surface area (Å²) in [5, 5.41) is 7.36. The topological polar surface area (TPSA) is 50.8 Å². The lowest BCUT2D eigenvalue weighted by atomic mass is 9.87. The fraction of sp³-hybridized carbons (Fsp3) is 0.467. The van der Waals surface area contributed by atoms with Gasteiger partial charge in [0.1, 0.15) is 11.6 Å². The van der Waals surface area contributed by atoms with Crippen molar-refractivity contribution in [2.45, 2.75) is 32.6 Å². The fourth-order valence-electron chi connectivity index (χ4n) is 3.03. The van der Waals surface area contributed by atoms with Gasteiger partial charge in [-0.3, -0.25) is 5.10 Å². The highest BCUT2D eigenvalue weighted by molar-refractivity contribution is 5.46. The normalized spacial score (nSPS) is 24.2. The molecule has 1 N–H and O–H groups in total. The zero-order chi connectivity index (χ0) is 13.7. The molecule has 1 aliphatic rings. The van der Waals surface area contributed by atoms with Gasteiger partial charge in [-0.15, -0.1) is 0 Å². The Morgan fingerprint density at radius 2 is 1.84 bits per heavy atom. The number of hydrogen-bond donors (Lipinski definition) is 1. The van der Waals surface area contributed by atoms with Crippen molar-refractivity contribution in [2.24, 2.45) is 5.41 Å². The van der Waals surface area contributed by atoms with Crippen LogP contribution in [-0.4, -0.2) is 22.3 Å². The Bertz CT molecular complexity index is 600. The molecule has 0 radical (unpaired) electrons. The number of methoxy groups -OCH3 is 1. The van der Waals surface area contributed by atoms with Crippen LogP contribution >= 0.6 is 0 Å². The number of nitrogens with one attached hydrogen (secondary N) is 1. The van der Waals surface area contributed by atoms with Gasteiger partial charge in [0.25, 0.3) is 0 Å². The summed E-state index contributed by atoms with van der Waals surface area (Å²) in [6.45, 7) is 6.47. The van der Waals surface area contributed by atoms with E-state index in [9.17, 15) is 0 Å². The molecule has 1 aromatic carbocycles. The number of ether oxygens (including phenoxy) is 1. The van der Waals surface area contributed by atoms with Crippen LogP contribution in [-0.2, 0) is 5.41 Å². The highest BCUT2D eigenvalue weighted by Crippen LogP contribution is 2.67. The van der Waals surface area contributed by atoms with Gasteiger partial charge in [-0.1, -0.05) is 26.0 Å². The van der Waals surface area contributed by atoms with E-state index in [0.717, 1.165) is 23.8 Å². The lowest BCUT2D eigenvalue weighted by molar-refractivity contribution is 0.414. The molecule has 0 bridgehead atoms. The first-order valence-electron chi connectivity index (χ1n) is 6.54. The van der Waals surface area contributed by atoms with Gasteiger partial charge in [0.2, 0.25) is 0 Å². The zero-order valence-corrected chi connectivity index (χ0v) is 11.8. The number of aromatic amines is 1. The molecule has 1 atom stereocenters. The van der Waals surface area contributed by atoms with Crippen molar-refractivity contribution in [1.29, 1.82) is 0 Å². The summed E-state index contributed by atoms with van der Waals surface area (Å²) in [7, 11) is 1.68. The fourth-order valence-corrected chi connectivity index (χ4v) is 3.03. The van der Waals surface area contributed by atoms with Crippen molar-refractivity contribution in [1.82, 2.24) is 15.2 Å². The van der Waals surface area contributed by atoms with E-state index < -0.39 is 0 Å². The molecule has 2 aromatic rings. The van der Waals surface area contributed by atoms with Crippen LogP contribution in [0.1, 0.15) is 37.5 Å². The third-order valence-corrected chi connectivity index (χ3v) is 4.30. The van der Waals surface area contributed by atoms with E-state index in [2.05, 4.69) is 41.2 Å². The second-order valence-corrected chi connectivity index (χ2v) is 5.94. The van der Waals surface area contributed by atoms with Gasteiger partial charge in [0, 0.05) is 0 Å². The maximum absolute atomic E-state index is 5.23. The van der Waals surface area contributed by atoms with Crippen LogP contribution in [0.2, 0.25) is 0 Å². The molecule has 1 saturated carbocycles. The van der Waals surface area contributed by atoms with Crippen molar-refractivity contribution < 1.29 is 4.74 Å². The van der Waals surface area contributed by atoms with Gasteiger partial charge in [-0.25, -0.2) is 4.98 Å². The van der Waals surface area contributed by atoms with Crippen LogP contribution in [0.5, 0.6) is 5.75 Å². The van der Waals surface area contributed by atoms with Crippen LogP contribution < -0.4 is 4.74 Å². The summed E-state index contributed by atoms with van der Waals surface area (Å²) >= 11 is 0. The Balaban J connectivity index is 2.07.